The number of fused-ring (bicyclic) bond motifs is 1. The summed E-state index contributed by atoms with van der Waals surface area (Å²) in [7, 11) is 0. The second kappa shape index (κ2) is 10.7. The van der Waals surface area contributed by atoms with E-state index in [0.29, 0.717) is 19.4 Å². The van der Waals surface area contributed by atoms with E-state index in [2.05, 4.69) is 6.08 Å². The molecule has 0 unspecified atom stereocenters. The van der Waals surface area contributed by atoms with Gasteiger partial charge in [-0.1, -0.05) is 58.8 Å². The van der Waals surface area contributed by atoms with Crippen LogP contribution >= 0.6 is 34.5 Å². The number of non-ortho nitro benzene ring substituents is 1. The number of allylic oxidation sites excluding steroid dienone is 2. The zero-order valence-electron chi connectivity index (χ0n) is 21.4. The van der Waals surface area contributed by atoms with Crippen molar-refractivity contribution in [1.29, 1.82) is 0 Å². The van der Waals surface area contributed by atoms with Crippen LogP contribution in [0.1, 0.15) is 47.6 Å². The largest absolute Gasteiger partial charge is 0.272 e. The number of rotatable bonds is 4. The summed E-state index contributed by atoms with van der Waals surface area (Å²) in [6.07, 6.45) is 6.62. The molecule has 0 radical (unpaired) electrons. The number of hydrogen-bond acceptors (Lipinski definition) is 5. The van der Waals surface area contributed by atoms with Gasteiger partial charge in [0.2, 0.25) is 0 Å². The van der Waals surface area contributed by atoms with Gasteiger partial charge in [-0.2, -0.15) is 0 Å². The maximum absolute atomic E-state index is 13.9. The molecule has 40 heavy (non-hydrogen) atoms. The van der Waals surface area contributed by atoms with Gasteiger partial charge in [0.25, 0.3) is 11.2 Å². The third-order valence-electron chi connectivity index (χ3n) is 7.28. The highest BCUT2D eigenvalue weighted by Crippen LogP contribution is 2.41. The van der Waals surface area contributed by atoms with Crippen molar-refractivity contribution in [1.82, 2.24) is 4.57 Å². The van der Waals surface area contributed by atoms with E-state index in [1.165, 1.54) is 23.5 Å². The van der Waals surface area contributed by atoms with Crippen LogP contribution in [0.25, 0.3) is 12.2 Å². The molecule has 2 heterocycles. The van der Waals surface area contributed by atoms with Crippen LogP contribution in [0.15, 0.2) is 93.4 Å². The molecule has 0 N–H and O–H groups in total. The first kappa shape index (κ1) is 26.4. The second-order valence-electron chi connectivity index (χ2n) is 9.88. The molecule has 200 valence electrons. The Hall–Kier alpha value is -3.78. The minimum atomic E-state index is -0.420. The third kappa shape index (κ3) is 4.96. The molecule has 4 aromatic rings. The van der Waals surface area contributed by atoms with Crippen LogP contribution in [-0.2, 0) is 0 Å². The van der Waals surface area contributed by atoms with E-state index in [1.54, 1.807) is 23.6 Å². The number of halogens is 2. The van der Waals surface area contributed by atoms with Gasteiger partial charge in [-0.15, -0.1) is 0 Å². The number of nitrogens with zero attached hydrogens (tertiary/aromatic N) is 3. The molecule has 1 aliphatic carbocycles. The molecule has 0 fully saturated rings. The summed E-state index contributed by atoms with van der Waals surface area (Å²) in [5, 5.41) is 12.5. The Morgan fingerprint density at radius 2 is 1.70 bits per heavy atom. The average Bonchev–Trinajstić information content (AvgIpc) is 3.25. The lowest BCUT2D eigenvalue weighted by Crippen LogP contribution is -2.39. The second-order valence-corrected chi connectivity index (χ2v) is 11.8. The molecule has 0 spiro atoms. The smallest absolute Gasteiger partial charge is 0.271 e. The van der Waals surface area contributed by atoms with Gasteiger partial charge in [0, 0.05) is 22.2 Å². The molecular weight excluding hydrogens is 565 g/mol. The normalized spacial score (nSPS) is 17.9. The van der Waals surface area contributed by atoms with Crippen LogP contribution < -0.4 is 14.9 Å². The van der Waals surface area contributed by atoms with Crippen molar-refractivity contribution >= 4 is 52.4 Å². The van der Waals surface area contributed by atoms with Crippen LogP contribution in [0.4, 0.5) is 5.69 Å². The fourth-order valence-corrected chi connectivity index (χ4v) is 6.58. The summed E-state index contributed by atoms with van der Waals surface area (Å²) in [5.74, 6) is 0. The molecule has 0 bridgehead atoms. The van der Waals surface area contributed by atoms with Gasteiger partial charge in [-0.05, 0) is 102 Å². The molecule has 1 aromatic heterocycles. The minimum absolute atomic E-state index is 0.0199. The van der Waals surface area contributed by atoms with Gasteiger partial charge in [0.1, 0.15) is 0 Å². The fraction of sp³-hybridized carbons (Fsp3) is 0.161. The van der Waals surface area contributed by atoms with Crippen LogP contribution in [0, 0.1) is 17.0 Å². The summed E-state index contributed by atoms with van der Waals surface area (Å²) in [6, 6.07) is 19.7. The van der Waals surface area contributed by atoms with Gasteiger partial charge in [0.15, 0.2) is 4.80 Å². The van der Waals surface area contributed by atoms with Gasteiger partial charge < -0.3 is 0 Å². The van der Waals surface area contributed by atoms with Crippen LogP contribution in [0.3, 0.4) is 0 Å². The Balaban J connectivity index is 1.55. The molecule has 0 amide bonds. The predicted molar refractivity (Wildman–Crippen MR) is 161 cm³/mol. The van der Waals surface area contributed by atoms with E-state index in [9.17, 15) is 14.9 Å². The van der Waals surface area contributed by atoms with E-state index in [1.807, 2.05) is 48.5 Å². The number of hydrogen-bond donors (Lipinski definition) is 0. The highest BCUT2D eigenvalue weighted by atomic mass is 35.5. The van der Waals surface area contributed by atoms with Crippen molar-refractivity contribution in [3.05, 3.63) is 146 Å². The van der Waals surface area contributed by atoms with E-state index in [0.717, 1.165) is 58.4 Å². The summed E-state index contributed by atoms with van der Waals surface area (Å²) >= 11 is 13.7. The van der Waals surface area contributed by atoms with Crippen LogP contribution in [-0.4, -0.2) is 9.49 Å². The summed E-state index contributed by atoms with van der Waals surface area (Å²) < 4.78 is 2.31. The lowest BCUT2D eigenvalue weighted by molar-refractivity contribution is -0.384. The van der Waals surface area contributed by atoms with E-state index < -0.39 is 4.92 Å². The van der Waals surface area contributed by atoms with Crippen LogP contribution in [0.5, 0.6) is 0 Å². The molecule has 2 aliphatic rings. The first-order valence-corrected chi connectivity index (χ1v) is 14.4. The number of aromatic nitrogens is 1. The van der Waals surface area contributed by atoms with Crippen molar-refractivity contribution in [2.24, 2.45) is 4.99 Å². The first-order valence-electron chi connectivity index (χ1n) is 12.8. The van der Waals surface area contributed by atoms with Crippen LogP contribution in [0.2, 0.25) is 10.0 Å². The summed E-state index contributed by atoms with van der Waals surface area (Å²) in [4.78, 5) is 30.4. The number of nitro groups is 1. The van der Waals surface area contributed by atoms with Crippen molar-refractivity contribution in [2.45, 2.75) is 32.2 Å². The van der Waals surface area contributed by atoms with Crippen molar-refractivity contribution in [3.63, 3.8) is 0 Å². The lowest BCUT2D eigenvalue weighted by atomic mass is 9.84. The first-order chi connectivity index (χ1) is 19.3. The molecule has 1 atom stereocenters. The predicted octanol–water partition coefficient (Wildman–Crippen LogP) is 7.01. The molecule has 0 saturated heterocycles. The zero-order valence-corrected chi connectivity index (χ0v) is 23.8. The number of benzene rings is 3. The minimum Gasteiger partial charge on any atom is -0.272 e. The standard InChI is InChI=1S/C31H23Cl2N3O3S/c1-18-15-25(36(38)39)14-9-21(18)17-27-30(37)35-29(20-7-12-24(33)13-8-20)26-4-2-3-22(28(26)34-31(35)40-27)16-19-5-10-23(32)11-6-19/h5-17,29H,2-4H2,1H3/b22-16-,27-17-/t29-/m1/s1. The monoisotopic (exact) mass is 587 g/mol. The molecule has 1 aliphatic heterocycles. The van der Waals surface area contributed by atoms with Crippen molar-refractivity contribution in [2.75, 3.05) is 0 Å². The summed E-state index contributed by atoms with van der Waals surface area (Å²) in [6.45, 7) is 1.80. The van der Waals surface area contributed by atoms with E-state index in [4.69, 9.17) is 28.2 Å². The van der Waals surface area contributed by atoms with Crippen molar-refractivity contribution in [3.8, 4) is 0 Å². The number of thiazole rings is 1. The highest BCUT2D eigenvalue weighted by molar-refractivity contribution is 7.07. The quantitative estimate of drug-likeness (QED) is 0.190. The van der Waals surface area contributed by atoms with E-state index in [-0.39, 0.29) is 17.3 Å². The van der Waals surface area contributed by atoms with Crippen molar-refractivity contribution < 1.29 is 4.92 Å². The molecule has 9 heteroatoms. The molecule has 3 aromatic carbocycles. The molecule has 6 nitrogen and oxygen atoms in total. The number of aryl methyl sites for hydroxylation is 1. The Bertz CT molecular complexity index is 1900. The Labute approximate surface area is 244 Å². The Morgan fingerprint density at radius 1 is 1.00 bits per heavy atom. The maximum atomic E-state index is 13.9. The van der Waals surface area contributed by atoms with Gasteiger partial charge >= 0.3 is 0 Å². The van der Waals surface area contributed by atoms with E-state index >= 15 is 0 Å². The fourth-order valence-electron chi connectivity index (χ4n) is 5.34. The number of nitro benzene ring substituents is 1. The molecule has 6 rings (SSSR count). The molecule has 0 saturated carbocycles. The highest BCUT2D eigenvalue weighted by Gasteiger charge is 2.32. The maximum Gasteiger partial charge on any atom is 0.271 e. The zero-order chi connectivity index (χ0) is 28.0. The average molecular weight is 589 g/mol. The Morgan fingerprint density at radius 3 is 2.38 bits per heavy atom. The topological polar surface area (TPSA) is 77.5 Å². The molecular formula is C31H23Cl2N3O3S. The van der Waals surface area contributed by atoms with Gasteiger partial charge in [-0.25, -0.2) is 4.99 Å². The SMILES string of the molecule is Cc1cc([N+](=O)[O-])ccc1/C=c1\sc2n(c1=O)[C@H](c1ccc(Cl)cc1)C1=C(N=2)/C(=C\c2ccc(Cl)cc2)CCC1. The summed E-state index contributed by atoms with van der Waals surface area (Å²) in [5.41, 5.74) is 6.55. The lowest BCUT2D eigenvalue weighted by Gasteiger charge is -2.31. The Kier molecular flexibility index (Phi) is 7.04. The van der Waals surface area contributed by atoms with Gasteiger partial charge in [0.05, 0.1) is 21.2 Å². The van der Waals surface area contributed by atoms with Gasteiger partial charge in [-0.3, -0.25) is 19.5 Å². The third-order valence-corrected chi connectivity index (χ3v) is 8.77.